The number of hydrogen-bond acceptors (Lipinski definition) is 25. The molecule has 0 bridgehead atoms. The van der Waals surface area contributed by atoms with Gasteiger partial charge in [0.05, 0.1) is 32.5 Å². The summed E-state index contributed by atoms with van der Waals surface area (Å²) in [6, 6.07) is 0. The van der Waals surface area contributed by atoms with Gasteiger partial charge in [-0.15, -0.1) is 0 Å². The first-order chi connectivity index (χ1) is 26.0. The van der Waals surface area contributed by atoms with Gasteiger partial charge in [-0.05, 0) is 6.92 Å². The van der Waals surface area contributed by atoms with E-state index in [1.807, 2.05) is 0 Å². The molecule has 5 fully saturated rings. The van der Waals surface area contributed by atoms with Gasteiger partial charge in [-0.1, -0.05) is 0 Å². The maximum Gasteiger partial charge on any atom is 0.187 e. The lowest BCUT2D eigenvalue weighted by Gasteiger charge is -2.49. The summed E-state index contributed by atoms with van der Waals surface area (Å²) in [5.41, 5.74) is 0. The van der Waals surface area contributed by atoms with Gasteiger partial charge in [-0.25, -0.2) is 0 Å². The molecule has 0 aliphatic carbocycles. The molecule has 5 rings (SSSR count). The van der Waals surface area contributed by atoms with Crippen molar-refractivity contribution in [3.8, 4) is 0 Å². The molecule has 0 aromatic heterocycles. The Morgan fingerprint density at radius 3 is 1.22 bits per heavy atom. The normalized spacial score (nSPS) is 53.9. The molecule has 5 aliphatic rings. The van der Waals surface area contributed by atoms with Crippen LogP contribution in [0.5, 0.6) is 0 Å². The highest BCUT2D eigenvalue weighted by Gasteiger charge is 2.56. The van der Waals surface area contributed by atoms with E-state index in [1.54, 1.807) is 0 Å². The van der Waals surface area contributed by atoms with Crippen molar-refractivity contribution < 1.29 is 124 Å². The Balaban J connectivity index is 1.36. The Morgan fingerprint density at radius 1 is 0.327 bits per heavy atom. The van der Waals surface area contributed by atoms with Gasteiger partial charge in [-0.2, -0.15) is 0 Å². The highest BCUT2D eigenvalue weighted by molar-refractivity contribution is 4.98. The summed E-state index contributed by atoms with van der Waals surface area (Å²) < 4.78 is 49.6. The fourth-order valence-corrected chi connectivity index (χ4v) is 6.93. The smallest absolute Gasteiger partial charge is 0.187 e. The molecule has 16 N–H and O–H groups in total. The van der Waals surface area contributed by atoms with Gasteiger partial charge in [0.15, 0.2) is 31.5 Å². The van der Waals surface area contributed by atoms with E-state index in [-0.39, 0.29) is 0 Å². The Kier molecular flexibility index (Phi) is 15.5. The molecule has 25 heteroatoms. The minimum atomic E-state index is -2.14. The summed E-state index contributed by atoms with van der Waals surface area (Å²) in [5, 5.41) is 167. The first kappa shape index (κ1) is 45.1. The number of rotatable bonds is 12. The van der Waals surface area contributed by atoms with E-state index in [9.17, 15) is 81.7 Å². The summed E-state index contributed by atoms with van der Waals surface area (Å²) in [6.07, 6.45) is -45.6. The third-order valence-electron chi connectivity index (χ3n) is 10.3. The average Bonchev–Trinajstić information content (AvgIpc) is 3.17. The van der Waals surface area contributed by atoms with E-state index in [0.717, 1.165) is 0 Å². The second kappa shape index (κ2) is 18.9. The van der Waals surface area contributed by atoms with Gasteiger partial charge in [0.1, 0.15) is 116 Å². The van der Waals surface area contributed by atoms with Crippen LogP contribution < -0.4 is 0 Å². The van der Waals surface area contributed by atoms with Crippen molar-refractivity contribution in [3.63, 3.8) is 0 Å². The number of aliphatic hydroxyl groups excluding tert-OH is 16. The first-order valence-corrected chi connectivity index (χ1v) is 17.5. The maximum absolute atomic E-state index is 11.4. The SMILES string of the molecule is CC1O[C@@H](OC2[C@H](O)C(CO)O[C@@H](O)[C@H]2O)[C@@H](O)C(O[C@@H]2OC(CO)[C@@H](O)C(O[C@@H]3OC(CO)[C@@H](O)C(O)[C@H]3O[C@H]3OC(CO)[C@@H](O)C(O)[C@H]3O)[C@H]2O)[C@H]1O. The minimum absolute atomic E-state index is 0.801. The molecule has 0 aromatic carbocycles. The largest absolute Gasteiger partial charge is 0.394 e. The second-order valence-electron chi connectivity index (χ2n) is 13.9. The van der Waals surface area contributed by atoms with Gasteiger partial charge in [0.25, 0.3) is 0 Å². The standard InChI is InChI=1S/C30H52O25/c1-6-11(35)22(20(44)28(47-6)53-23-14(38)9(4-33)48-26(46)19(23)43)52-29-21(45)24(15(39)10(5-34)50-29)54-30-25(17(41)13(37)8(3-32)51-30)55-27-18(42)16(40)12(36)7(2-31)49-27/h6-46H,2-5H2,1H3/t6?,7?,8?,9?,10?,11-,12+,13+,14+,15+,16?,17?,18+,19-,20-,21+,22?,23?,24?,25+,26+,27+,28-,29-,30-/m0/s1. The fraction of sp³-hybridized carbons (Fsp3) is 1.00. The van der Waals surface area contributed by atoms with Crippen LogP contribution in [0.4, 0.5) is 0 Å². The predicted molar refractivity (Wildman–Crippen MR) is 165 cm³/mol. The molecule has 0 amide bonds. The van der Waals surface area contributed by atoms with Crippen LogP contribution >= 0.6 is 0 Å². The average molecular weight is 813 g/mol. The molecule has 25 atom stereocenters. The van der Waals surface area contributed by atoms with E-state index in [2.05, 4.69) is 0 Å². The minimum Gasteiger partial charge on any atom is -0.394 e. The van der Waals surface area contributed by atoms with Crippen LogP contribution in [0.15, 0.2) is 0 Å². The summed E-state index contributed by atoms with van der Waals surface area (Å²) in [7, 11) is 0. The summed E-state index contributed by atoms with van der Waals surface area (Å²) in [6.45, 7) is -2.23. The van der Waals surface area contributed by atoms with Crippen LogP contribution in [-0.2, 0) is 42.6 Å². The van der Waals surface area contributed by atoms with E-state index in [0.29, 0.717) is 0 Å². The van der Waals surface area contributed by atoms with Crippen LogP contribution in [0.2, 0.25) is 0 Å². The topological polar surface area (TPSA) is 407 Å². The Morgan fingerprint density at radius 2 is 0.691 bits per heavy atom. The molecule has 25 nitrogen and oxygen atoms in total. The zero-order chi connectivity index (χ0) is 40.6. The molecule has 5 saturated heterocycles. The molecule has 322 valence electrons. The third-order valence-corrected chi connectivity index (χ3v) is 10.3. The Labute approximate surface area is 311 Å². The van der Waals surface area contributed by atoms with Gasteiger partial charge in [0, 0.05) is 0 Å². The van der Waals surface area contributed by atoms with Gasteiger partial charge in [-0.3, -0.25) is 0 Å². The number of ether oxygens (including phenoxy) is 9. The second-order valence-corrected chi connectivity index (χ2v) is 13.9. The molecule has 55 heavy (non-hydrogen) atoms. The zero-order valence-corrected chi connectivity index (χ0v) is 29.1. The van der Waals surface area contributed by atoms with Crippen molar-refractivity contribution in [2.24, 2.45) is 0 Å². The number of hydrogen-bond donors (Lipinski definition) is 16. The fourth-order valence-electron chi connectivity index (χ4n) is 6.93. The molecule has 10 unspecified atom stereocenters. The van der Waals surface area contributed by atoms with Crippen molar-refractivity contribution >= 4 is 0 Å². The molecule has 0 spiro atoms. The van der Waals surface area contributed by atoms with Gasteiger partial charge in [0.2, 0.25) is 0 Å². The van der Waals surface area contributed by atoms with Gasteiger partial charge < -0.3 is 124 Å². The van der Waals surface area contributed by atoms with Crippen molar-refractivity contribution in [2.75, 3.05) is 26.4 Å². The van der Waals surface area contributed by atoms with Crippen LogP contribution in [0, 0.1) is 0 Å². The lowest BCUT2D eigenvalue weighted by molar-refractivity contribution is -0.399. The van der Waals surface area contributed by atoms with E-state index in [4.69, 9.17) is 42.6 Å². The quantitative estimate of drug-likeness (QED) is 0.0870. The van der Waals surface area contributed by atoms with Crippen molar-refractivity contribution in [1.29, 1.82) is 0 Å². The van der Waals surface area contributed by atoms with E-state index >= 15 is 0 Å². The maximum atomic E-state index is 11.4. The van der Waals surface area contributed by atoms with Gasteiger partial charge >= 0.3 is 0 Å². The monoisotopic (exact) mass is 812 g/mol. The lowest BCUT2D eigenvalue weighted by atomic mass is 9.95. The summed E-state index contributed by atoms with van der Waals surface area (Å²) >= 11 is 0. The Hall–Kier alpha value is -1.00. The zero-order valence-electron chi connectivity index (χ0n) is 29.1. The highest BCUT2D eigenvalue weighted by Crippen LogP contribution is 2.36. The lowest BCUT2D eigenvalue weighted by Crippen LogP contribution is -2.68. The summed E-state index contributed by atoms with van der Waals surface area (Å²) in [5.74, 6) is 0. The van der Waals surface area contributed by atoms with Crippen molar-refractivity contribution in [1.82, 2.24) is 0 Å². The molecule has 0 aromatic rings. The molecule has 0 saturated carbocycles. The predicted octanol–water partition coefficient (Wildman–Crippen LogP) is -10.9. The third kappa shape index (κ3) is 9.11. The van der Waals surface area contributed by atoms with Crippen LogP contribution in [0.25, 0.3) is 0 Å². The van der Waals surface area contributed by atoms with Crippen LogP contribution in [-0.4, -0.2) is 262 Å². The first-order valence-electron chi connectivity index (χ1n) is 17.5. The van der Waals surface area contributed by atoms with E-state index < -0.39 is 180 Å². The number of aliphatic hydroxyl groups is 16. The van der Waals surface area contributed by atoms with E-state index in [1.165, 1.54) is 6.92 Å². The van der Waals surface area contributed by atoms with Crippen molar-refractivity contribution in [2.45, 2.75) is 160 Å². The van der Waals surface area contributed by atoms with Crippen molar-refractivity contribution in [3.05, 3.63) is 0 Å². The molecule has 5 heterocycles. The molecule has 0 radical (unpaired) electrons. The Bertz CT molecular complexity index is 1190. The molecular weight excluding hydrogens is 760 g/mol. The highest BCUT2D eigenvalue weighted by atomic mass is 16.8. The van der Waals surface area contributed by atoms with Crippen LogP contribution in [0.1, 0.15) is 6.92 Å². The molecule has 5 aliphatic heterocycles. The van der Waals surface area contributed by atoms with Crippen LogP contribution in [0.3, 0.4) is 0 Å². The molecular formula is C30H52O25. The summed E-state index contributed by atoms with van der Waals surface area (Å²) in [4.78, 5) is 0.